The Balaban J connectivity index is 1.07. The summed E-state index contributed by atoms with van der Waals surface area (Å²) in [6, 6.07) is 19.9. The number of nitriles is 1. The number of hydrogen-bond donors (Lipinski definition) is 0. The molecule has 188 valence electrons. The lowest BCUT2D eigenvalue weighted by molar-refractivity contribution is 0.293. The van der Waals surface area contributed by atoms with Crippen molar-refractivity contribution in [3.05, 3.63) is 82.1 Å². The molecule has 2 aromatic carbocycles. The van der Waals surface area contributed by atoms with E-state index in [1.807, 2.05) is 54.6 Å². The normalized spacial score (nSPS) is 10.6. The van der Waals surface area contributed by atoms with E-state index in [9.17, 15) is 8.78 Å². The zero-order valence-electron chi connectivity index (χ0n) is 20.1. The molecule has 3 nitrogen and oxygen atoms in total. The number of ether oxygens (including phenoxy) is 2. The molecule has 0 amide bonds. The van der Waals surface area contributed by atoms with Crippen molar-refractivity contribution in [2.45, 2.75) is 32.1 Å². The van der Waals surface area contributed by atoms with Crippen LogP contribution in [-0.2, 0) is 0 Å². The van der Waals surface area contributed by atoms with Crippen LogP contribution in [0.15, 0.2) is 60.7 Å². The molecule has 0 N–H and O–H groups in total. The van der Waals surface area contributed by atoms with Crippen molar-refractivity contribution in [2.24, 2.45) is 0 Å². The van der Waals surface area contributed by atoms with Gasteiger partial charge in [0.2, 0.25) is 0 Å². The van der Waals surface area contributed by atoms with E-state index in [1.165, 1.54) is 23.5 Å². The number of nitrogens with zero attached hydrogens (tertiary/aromatic N) is 1. The van der Waals surface area contributed by atoms with Crippen molar-refractivity contribution in [3.8, 4) is 50.8 Å². The Morgan fingerprint density at radius 2 is 1.11 bits per heavy atom. The van der Waals surface area contributed by atoms with E-state index in [4.69, 9.17) is 21.2 Å². The second-order valence-corrected chi connectivity index (χ2v) is 10.4. The fraction of sp³-hybridized carbons (Fsp3) is 0.233. The number of hydrogen-bond acceptors (Lipinski definition) is 5. The quantitative estimate of drug-likeness (QED) is 0.135. The van der Waals surface area contributed by atoms with Crippen molar-refractivity contribution in [1.29, 1.82) is 5.26 Å². The summed E-state index contributed by atoms with van der Waals surface area (Å²) in [7, 11) is 0. The lowest BCUT2D eigenvalue weighted by Crippen LogP contribution is -1.99. The minimum Gasteiger partial charge on any atom is -0.494 e. The minimum atomic E-state index is -0.475. The SMILES string of the molecule is C#Cc1sc(-c2ccc(OCCCCCCCOc3ccc(-c4cc(F)c(C#N)s4)cc3)cc2)cc1F. The molecular weight excluding hydrogens is 508 g/mol. The number of terminal acetylenes is 1. The molecule has 0 unspecified atom stereocenters. The average Bonchev–Trinajstić information content (AvgIpc) is 3.50. The van der Waals surface area contributed by atoms with Crippen LogP contribution < -0.4 is 9.47 Å². The Hall–Kier alpha value is -3.65. The molecule has 0 fully saturated rings. The van der Waals surface area contributed by atoms with Crippen LogP contribution in [0.4, 0.5) is 8.78 Å². The molecule has 0 saturated heterocycles. The first-order chi connectivity index (χ1) is 18.1. The first-order valence-corrected chi connectivity index (χ1v) is 13.6. The largest absolute Gasteiger partial charge is 0.494 e. The highest BCUT2D eigenvalue weighted by Crippen LogP contribution is 2.32. The van der Waals surface area contributed by atoms with Gasteiger partial charge < -0.3 is 9.47 Å². The molecule has 0 aliphatic rings. The van der Waals surface area contributed by atoms with Crippen LogP contribution in [0.1, 0.15) is 41.9 Å². The van der Waals surface area contributed by atoms with E-state index in [0.29, 0.717) is 18.1 Å². The molecule has 0 saturated carbocycles. The number of unbranched alkanes of at least 4 members (excludes halogenated alkanes) is 4. The number of rotatable bonds is 12. The summed E-state index contributed by atoms with van der Waals surface area (Å²) in [6.45, 7) is 1.30. The molecule has 4 aromatic rings. The number of benzene rings is 2. The van der Waals surface area contributed by atoms with Crippen molar-refractivity contribution in [3.63, 3.8) is 0 Å². The molecule has 0 aliphatic heterocycles. The van der Waals surface area contributed by atoms with Gasteiger partial charge in [0.15, 0.2) is 5.82 Å². The minimum absolute atomic E-state index is 0.101. The maximum Gasteiger partial charge on any atom is 0.152 e. The van der Waals surface area contributed by atoms with Gasteiger partial charge in [0.25, 0.3) is 0 Å². The monoisotopic (exact) mass is 533 g/mol. The Kier molecular flexibility index (Phi) is 9.32. The van der Waals surface area contributed by atoms with Gasteiger partial charge in [0, 0.05) is 9.75 Å². The van der Waals surface area contributed by atoms with Crippen LogP contribution >= 0.6 is 22.7 Å². The Bertz CT molecular complexity index is 1290. The Morgan fingerprint density at radius 3 is 1.51 bits per heavy atom. The van der Waals surface area contributed by atoms with Gasteiger partial charge in [0.1, 0.15) is 33.1 Å². The smallest absolute Gasteiger partial charge is 0.152 e. The third kappa shape index (κ3) is 7.20. The molecule has 7 heteroatoms. The maximum atomic E-state index is 13.7. The van der Waals surface area contributed by atoms with Crippen LogP contribution in [0.3, 0.4) is 0 Å². The van der Waals surface area contributed by atoms with E-state index in [2.05, 4.69) is 5.92 Å². The number of thiophene rings is 2. The summed E-state index contributed by atoms with van der Waals surface area (Å²) in [5, 5.41) is 8.91. The molecule has 0 spiro atoms. The zero-order valence-corrected chi connectivity index (χ0v) is 21.8. The first-order valence-electron chi connectivity index (χ1n) is 12.0. The molecule has 2 heterocycles. The lowest BCUT2D eigenvalue weighted by Gasteiger charge is -2.08. The van der Waals surface area contributed by atoms with Gasteiger partial charge in [-0.3, -0.25) is 0 Å². The third-order valence-electron chi connectivity index (χ3n) is 5.71. The first kappa shape index (κ1) is 26.4. The van der Waals surface area contributed by atoms with E-state index < -0.39 is 5.82 Å². The van der Waals surface area contributed by atoms with Crippen molar-refractivity contribution in [1.82, 2.24) is 0 Å². The van der Waals surface area contributed by atoms with Gasteiger partial charge in [-0.1, -0.05) is 25.2 Å². The van der Waals surface area contributed by atoms with E-state index in [0.717, 1.165) is 75.8 Å². The predicted molar refractivity (Wildman–Crippen MR) is 146 cm³/mol. The maximum absolute atomic E-state index is 13.7. The fourth-order valence-electron chi connectivity index (χ4n) is 3.74. The van der Waals surface area contributed by atoms with Crippen LogP contribution in [-0.4, -0.2) is 13.2 Å². The summed E-state index contributed by atoms with van der Waals surface area (Å²) < 4.78 is 39.0. The van der Waals surface area contributed by atoms with Crippen molar-refractivity contribution in [2.75, 3.05) is 13.2 Å². The lowest BCUT2D eigenvalue weighted by atomic mass is 10.1. The summed E-state index contributed by atoms with van der Waals surface area (Å²) in [5.74, 6) is 3.11. The molecule has 0 aliphatic carbocycles. The Morgan fingerprint density at radius 1 is 0.676 bits per heavy atom. The summed E-state index contributed by atoms with van der Waals surface area (Å²) in [6.07, 6.45) is 10.5. The van der Waals surface area contributed by atoms with E-state index >= 15 is 0 Å². The highest BCUT2D eigenvalue weighted by Gasteiger charge is 2.10. The highest BCUT2D eigenvalue weighted by molar-refractivity contribution is 7.16. The molecule has 0 bridgehead atoms. The van der Waals surface area contributed by atoms with Crippen LogP contribution in [0, 0.1) is 35.3 Å². The summed E-state index contributed by atoms with van der Waals surface area (Å²) in [4.78, 5) is 1.96. The second-order valence-electron chi connectivity index (χ2n) is 8.35. The molecule has 37 heavy (non-hydrogen) atoms. The van der Waals surface area contributed by atoms with Crippen molar-refractivity contribution >= 4 is 22.7 Å². The van der Waals surface area contributed by atoms with E-state index in [-0.39, 0.29) is 10.7 Å². The van der Waals surface area contributed by atoms with E-state index in [1.54, 1.807) is 0 Å². The van der Waals surface area contributed by atoms with Crippen LogP contribution in [0.25, 0.3) is 20.9 Å². The molecule has 2 aromatic heterocycles. The summed E-state index contributed by atoms with van der Waals surface area (Å²) in [5.41, 5.74) is 1.79. The standard InChI is InChI=1S/C30H25F2NO2S2/c1-2-27-25(31)18-28(36-27)21-8-12-23(13-9-21)34-16-6-4-3-5-7-17-35-24-14-10-22(11-15-24)29-19-26(32)30(20-33)37-29/h1,8-15,18-19H,3-7,16-17H2. The second kappa shape index (κ2) is 13.1. The molecule has 4 rings (SSSR count). The Labute approximate surface area is 223 Å². The third-order valence-corrected chi connectivity index (χ3v) is 7.86. The van der Waals surface area contributed by atoms with Gasteiger partial charge in [-0.05, 0) is 84.6 Å². The molecule has 0 radical (unpaired) electrons. The van der Waals surface area contributed by atoms with Gasteiger partial charge in [-0.15, -0.1) is 29.1 Å². The number of halogens is 2. The molecular formula is C30H25F2NO2S2. The fourth-order valence-corrected chi connectivity index (χ4v) is 5.43. The van der Waals surface area contributed by atoms with Gasteiger partial charge in [-0.2, -0.15) is 5.26 Å². The van der Waals surface area contributed by atoms with Gasteiger partial charge >= 0.3 is 0 Å². The zero-order chi connectivity index (χ0) is 26.0. The topological polar surface area (TPSA) is 42.2 Å². The van der Waals surface area contributed by atoms with Crippen molar-refractivity contribution < 1.29 is 18.3 Å². The van der Waals surface area contributed by atoms with Crippen LogP contribution in [0.2, 0.25) is 0 Å². The predicted octanol–water partition coefficient (Wildman–Crippen LogP) is 8.68. The van der Waals surface area contributed by atoms with Gasteiger partial charge in [-0.25, -0.2) is 8.78 Å². The van der Waals surface area contributed by atoms with Crippen LogP contribution in [0.5, 0.6) is 11.5 Å². The van der Waals surface area contributed by atoms with Gasteiger partial charge in [0.05, 0.1) is 13.2 Å². The average molecular weight is 534 g/mol. The highest BCUT2D eigenvalue weighted by atomic mass is 32.1. The molecule has 0 atom stereocenters. The summed E-state index contributed by atoms with van der Waals surface area (Å²) >= 11 is 2.42.